The highest BCUT2D eigenvalue weighted by Gasteiger charge is 2.70. The van der Waals surface area contributed by atoms with Crippen LogP contribution in [-0.4, -0.2) is 60.6 Å². The fraction of sp³-hybridized carbons (Fsp3) is 0.714. The van der Waals surface area contributed by atoms with Crippen LogP contribution in [0.1, 0.15) is 25.7 Å². The topological polar surface area (TPSA) is 255 Å². The largest absolute Gasteiger partial charge is 0.455 e. The highest BCUT2D eigenvalue weighted by molar-refractivity contribution is 5.82. The van der Waals surface area contributed by atoms with E-state index in [2.05, 4.69) is 20.1 Å². The summed E-state index contributed by atoms with van der Waals surface area (Å²) in [5, 5.41) is 5.65. The average molecular weight is 426 g/mol. The van der Waals surface area contributed by atoms with Crippen LogP contribution in [0.4, 0.5) is 0 Å². The number of fused-ring (bicyclic) bond motifs is 1. The summed E-state index contributed by atoms with van der Waals surface area (Å²) in [7, 11) is 0. The van der Waals surface area contributed by atoms with Crippen LogP contribution in [0.15, 0.2) is 10.2 Å². The molecule has 4 N–H and O–H groups in total. The maximum atomic E-state index is 11.9. The van der Waals surface area contributed by atoms with Crippen molar-refractivity contribution in [3.05, 3.63) is 20.9 Å². The number of carbonyl (C=O) groups is 4. The third-order valence-corrected chi connectivity index (χ3v) is 4.46. The summed E-state index contributed by atoms with van der Waals surface area (Å²) in [6, 6.07) is 0. The summed E-state index contributed by atoms with van der Waals surface area (Å²) in [5.74, 6) is -3.34. The number of nitrogens with two attached hydrogens (primary N) is 2. The zero-order chi connectivity index (χ0) is 22.4. The van der Waals surface area contributed by atoms with Crippen molar-refractivity contribution in [3.8, 4) is 0 Å². The second-order valence-corrected chi connectivity index (χ2v) is 6.33. The molecule has 4 atom stereocenters. The van der Waals surface area contributed by atoms with Crippen LogP contribution in [0.5, 0.6) is 0 Å². The van der Waals surface area contributed by atoms with Gasteiger partial charge < -0.3 is 18.9 Å². The van der Waals surface area contributed by atoms with Crippen molar-refractivity contribution in [2.45, 2.75) is 49.3 Å². The van der Waals surface area contributed by atoms with Crippen LogP contribution in [0.3, 0.4) is 0 Å². The lowest BCUT2D eigenvalue weighted by Gasteiger charge is -2.35. The van der Waals surface area contributed by atoms with Gasteiger partial charge in [0, 0.05) is 22.7 Å². The van der Waals surface area contributed by atoms with E-state index >= 15 is 0 Å². The lowest BCUT2D eigenvalue weighted by atomic mass is 9.96. The minimum atomic E-state index is -1.84. The minimum absolute atomic E-state index is 0.271. The lowest BCUT2D eigenvalue weighted by Crippen LogP contribution is -2.69. The summed E-state index contributed by atoms with van der Waals surface area (Å²) in [5.41, 5.74) is 24.9. The fourth-order valence-electron chi connectivity index (χ4n) is 2.89. The maximum absolute atomic E-state index is 11.9. The molecule has 0 aromatic heterocycles. The summed E-state index contributed by atoms with van der Waals surface area (Å²) in [6.07, 6.45) is -3.81. The first-order valence-electron chi connectivity index (χ1n) is 8.56. The Morgan fingerprint density at radius 1 is 0.833 bits per heavy atom. The van der Waals surface area contributed by atoms with Gasteiger partial charge in [0.25, 0.3) is 0 Å². The second-order valence-electron chi connectivity index (χ2n) is 6.33. The van der Waals surface area contributed by atoms with E-state index in [1.165, 1.54) is 0 Å². The molecule has 0 saturated carbocycles. The molecule has 0 aliphatic carbocycles. The Balaban J connectivity index is 1.94. The molecule has 2 aliphatic rings. The molecule has 0 aromatic rings. The van der Waals surface area contributed by atoms with Gasteiger partial charge in [0.1, 0.15) is 0 Å². The summed E-state index contributed by atoms with van der Waals surface area (Å²) < 4.78 is 21.2. The highest BCUT2D eigenvalue weighted by atomic mass is 16.7. The molecular formula is C14H18N8O8. The van der Waals surface area contributed by atoms with E-state index in [1.807, 2.05) is 0 Å². The monoisotopic (exact) mass is 426 g/mol. The number of hydrogen-bond donors (Lipinski definition) is 2. The van der Waals surface area contributed by atoms with Crippen molar-refractivity contribution in [3.63, 3.8) is 0 Å². The van der Waals surface area contributed by atoms with Gasteiger partial charge in [-0.15, -0.1) is 0 Å². The van der Waals surface area contributed by atoms with Crippen molar-refractivity contribution < 1.29 is 38.1 Å². The number of carbonyl (C=O) groups excluding carboxylic acids is 4. The minimum Gasteiger partial charge on any atom is -0.455 e. The summed E-state index contributed by atoms with van der Waals surface area (Å²) in [4.78, 5) is 50.8. The third-order valence-electron chi connectivity index (χ3n) is 4.46. The molecular weight excluding hydrogens is 408 g/mol. The Bertz CT molecular complexity index is 770. The molecule has 30 heavy (non-hydrogen) atoms. The molecule has 0 spiro atoms. The highest BCUT2D eigenvalue weighted by Crippen LogP contribution is 2.42. The third kappa shape index (κ3) is 4.83. The van der Waals surface area contributed by atoms with Gasteiger partial charge in [-0.2, -0.15) is 0 Å². The van der Waals surface area contributed by atoms with Gasteiger partial charge in [-0.05, 0) is 21.3 Å². The fourth-order valence-corrected chi connectivity index (χ4v) is 2.89. The SMILES string of the molecule is [N-]=[N+]=NC(=O)CCC(=O)O[C@H]1CO[C@]2(N)[C@@H](OC(=O)CCC(=O)N=[N+]=[N-])CO[C@]12N. The summed E-state index contributed by atoms with van der Waals surface area (Å²) in [6.45, 7) is -0.543. The molecule has 2 amide bonds. The average Bonchev–Trinajstić information content (AvgIpc) is 3.08. The molecule has 16 heteroatoms. The number of rotatable bonds is 8. The van der Waals surface area contributed by atoms with Crippen molar-refractivity contribution in [1.29, 1.82) is 0 Å². The van der Waals surface area contributed by atoms with E-state index in [4.69, 9.17) is 41.5 Å². The van der Waals surface area contributed by atoms with Crippen molar-refractivity contribution in [2.24, 2.45) is 21.7 Å². The molecule has 0 aromatic carbocycles. The number of esters is 2. The Labute approximate surface area is 168 Å². The van der Waals surface area contributed by atoms with Gasteiger partial charge in [0.15, 0.2) is 12.2 Å². The van der Waals surface area contributed by atoms with Crippen LogP contribution in [0, 0.1) is 0 Å². The van der Waals surface area contributed by atoms with Crippen LogP contribution < -0.4 is 11.5 Å². The number of hydrogen-bond acceptors (Lipinski definition) is 10. The zero-order valence-electron chi connectivity index (χ0n) is 15.5. The van der Waals surface area contributed by atoms with Crippen molar-refractivity contribution in [1.82, 2.24) is 0 Å². The lowest BCUT2D eigenvalue weighted by molar-refractivity contribution is -0.170. The normalized spacial score (nSPS) is 29.1. The van der Waals surface area contributed by atoms with E-state index in [1.54, 1.807) is 0 Å². The summed E-state index contributed by atoms with van der Waals surface area (Å²) >= 11 is 0. The van der Waals surface area contributed by atoms with Crippen LogP contribution in [-0.2, 0) is 38.1 Å². The van der Waals surface area contributed by atoms with Crippen molar-refractivity contribution in [2.75, 3.05) is 13.2 Å². The van der Waals surface area contributed by atoms with Gasteiger partial charge in [-0.25, -0.2) is 0 Å². The van der Waals surface area contributed by atoms with E-state index in [9.17, 15) is 19.2 Å². The Kier molecular flexibility index (Phi) is 7.28. The molecule has 2 fully saturated rings. The first-order chi connectivity index (χ1) is 14.2. The molecule has 2 heterocycles. The standard InChI is InChI=1S/C14H18N8O8/c15-13-7(29-11(25)3-1-9(23)19-21-17)5-27-14(13,16)8(6-28-13)30-12(26)4-2-10(24)20-22-18/h7-8H,1-6,15-16H2/t7-,8-,13+,14+/m0/s1. The quantitative estimate of drug-likeness (QED) is 0.216. The van der Waals surface area contributed by atoms with Crippen molar-refractivity contribution >= 4 is 23.8 Å². The number of azide groups is 2. The van der Waals surface area contributed by atoms with E-state index < -0.39 is 47.4 Å². The molecule has 2 saturated heterocycles. The second kappa shape index (κ2) is 9.49. The number of ether oxygens (including phenoxy) is 4. The predicted molar refractivity (Wildman–Crippen MR) is 92.3 cm³/mol. The first kappa shape index (κ1) is 23.0. The van der Waals surface area contributed by atoms with E-state index in [0.717, 1.165) is 0 Å². The van der Waals surface area contributed by atoms with E-state index in [0.29, 0.717) is 0 Å². The van der Waals surface area contributed by atoms with E-state index in [-0.39, 0.29) is 38.9 Å². The predicted octanol–water partition coefficient (Wildman–Crippen LogP) is -0.585. The molecule has 2 aliphatic heterocycles. The van der Waals surface area contributed by atoms with Crippen LogP contribution >= 0.6 is 0 Å². The molecule has 0 bridgehead atoms. The number of amides is 2. The Hall–Kier alpha value is -3.26. The maximum Gasteiger partial charge on any atom is 0.306 e. The van der Waals surface area contributed by atoms with Gasteiger partial charge >= 0.3 is 11.9 Å². The van der Waals surface area contributed by atoms with Gasteiger partial charge in [0.05, 0.1) is 26.1 Å². The smallest absolute Gasteiger partial charge is 0.306 e. The molecule has 0 radical (unpaired) electrons. The first-order valence-corrected chi connectivity index (χ1v) is 8.56. The van der Waals surface area contributed by atoms with Crippen LogP contribution in [0.25, 0.3) is 20.9 Å². The molecule has 2 rings (SSSR count). The number of nitrogens with zero attached hydrogens (tertiary/aromatic N) is 6. The van der Waals surface area contributed by atoms with Gasteiger partial charge in [-0.3, -0.25) is 30.6 Å². The molecule has 162 valence electrons. The molecule has 0 unspecified atom stereocenters. The van der Waals surface area contributed by atoms with Gasteiger partial charge in [-0.1, -0.05) is 0 Å². The Morgan fingerprint density at radius 2 is 1.20 bits per heavy atom. The van der Waals surface area contributed by atoms with Crippen LogP contribution in [0.2, 0.25) is 0 Å². The van der Waals surface area contributed by atoms with Gasteiger partial charge in [0.2, 0.25) is 23.3 Å². The Morgan fingerprint density at radius 3 is 1.53 bits per heavy atom. The zero-order valence-corrected chi connectivity index (χ0v) is 15.5. The molecule has 16 nitrogen and oxygen atoms in total.